The molecule has 35 heavy (non-hydrogen) atoms. The van der Waals surface area contributed by atoms with Crippen LogP contribution in [0.4, 0.5) is 0 Å². The molecule has 0 saturated carbocycles. The number of piperidine rings is 1. The molecule has 5 rings (SSSR count). The Morgan fingerprint density at radius 1 is 1.09 bits per heavy atom. The summed E-state index contributed by atoms with van der Waals surface area (Å²) in [7, 11) is 3.38. The number of hydrogen-bond donors (Lipinski definition) is 0. The van der Waals surface area contributed by atoms with Gasteiger partial charge >= 0.3 is 0 Å². The minimum Gasteiger partial charge on any atom is -0.497 e. The summed E-state index contributed by atoms with van der Waals surface area (Å²) in [6.45, 7) is 2.88. The Hall–Kier alpha value is -3.54. The normalized spacial score (nSPS) is 19.1. The number of amides is 1. The fourth-order valence-corrected chi connectivity index (χ4v) is 5.47. The lowest BCUT2D eigenvalue weighted by Gasteiger charge is -2.39. The number of likely N-dealkylation sites (tertiary alicyclic amines) is 1. The number of hydrogen-bond acceptors (Lipinski definition) is 4. The average molecular weight is 472 g/mol. The number of methoxy groups -OCH3 is 2. The lowest BCUT2D eigenvalue weighted by atomic mass is 9.85. The molecule has 2 heterocycles. The molecule has 1 aliphatic carbocycles. The predicted octanol–water partition coefficient (Wildman–Crippen LogP) is 5.54. The minimum absolute atomic E-state index is 0.107. The third kappa shape index (κ3) is 4.45. The van der Waals surface area contributed by atoms with E-state index in [2.05, 4.69) is 39.6 Å². The Bertz CT molecular complexity index is 1260. The first-order valence-corrected chi connectivity index (χ1v) is 12.5. The maximum Gasteiger partial charge on any atom is 0.250 e. The van der Waals surface area contributed by atoms with E-state index in [-0.39, 0.29) is 11.9 Å². The molecule has 0 spiro atoms. The number of ether oxygens (including phenoxy) is 2. The Morgan fingerprint density at radius 3 is 2.77 bits per heavy atom. The number of carbonyl (C=O) groups excluding carboxylic acids is 1. The highest BCUT2D eigenvalue weighted by Crippen LogP contribution is 2.39. The molecule has 1 atom stereocenters. The van der Waals surface area contributed by atoms with Gasteiger partial charge < -0.3 is 18.9 Å². The summed E-state index contributed by atoms with van der Waals surface area (Å²) in [6.07, 6.45) is 11.5. The highest BCUT2D eigenvalue weighted by molar-refractivity contribution is 5.99. The largest absolute Gasteiger partial charge is 0.497 e. The van der Waals surface area contributed by atoms with E-state index in [1.54, 1.807) is 14.2 Å². The predicted molar refractivity (Wildman–Crippen MR) is 137 cm³/mol. The molecule has 0 bridgehead atoms. The quantitative estimate of drug-likeness (QED) is 0.443. The second-order valence-corrected chi connectivity index (χ2v) is 9.24. The van der Waals surface area contributed by atoms with Crippen LogP contribution in [0.15, 0.2) is 54.4 Å². The summed E-state index contributed by atoms with van der Waals surface area (Å²) in [4.78, 5) is 20.2. The zero-order chi connectivity index (χ0) is 24.4. The van der Waals surface area contributed by atoms with Crippen molar-refractivity contribution in [3.8, 4) is 17.2 Å². The zero-order valence-electron chi connectivity index (χ0n) is 20.8. The van der Waals surface area contributed by atoms with E-state index >= 15 is 0 Å². The van der Waals surface area contributed by atoms with Crippen LogP contribution in [0.2, 0.25) is 0 Å². The van der Waals surface area contributed by atoms with Crippen LogP contribution in [0.5, 0.6) is 11.5 Å². The van der Waals surface area contributed by atoms with Gasteiger partial charge in [0.1, 0.15) is 17.3 Å². The van der Waals surface area contributed by atoms with Crippen LogP contribution in [0.3, 0.4) is 0 Å². The molecule has 182 valence electrons. The van der Waals surface area contributed by atoms with Crippen LogP contribution in [-0.2, 0) is 17.6 Å². The molecular weight excluding hydrogens is 438 g/mol. The number of nitrogens with zero attached hydrogens (tertiary/aromatic N) is 3. The molecule has 0 N–H and O–H groups in total. The maximum atomic E-state index is 13.7. The highest BCUT2D eigenvalue weighted by Gasteiger charge is 2.33. The number of imidazole rings is 1. The van der Waals surface area contributed by atoms with Crippen molar-refractivity contribution in [3.63, 3.8) is 0 Å². The number of aryl methyl sites for hydroxylation is 2. The summed E-state index contributed by atoms with van der Waals surface area (Å²) in [5, 5.41) is 0. The van der Waals surface area contributed by atoms with Crippen LogP contribution >= 0.6 is 0 Å². The average Bonchev–Trinajstić information content (AvgIpc) is 3.38. The van der Waals surface area contributed by atoms with E-state index in [4.69, 9.17) is 9.47 Å². The second-order valence-electron chi connectivity index (χ2n) is 9.24. The topological polar surface area (TPSA) is 56.6 Å². The van der Waals surface area contributed by atoms with Gasteiger partial charge in [-0.05, 0) is 79.1 Å². The first-order chi connectivity index (χ1) is 17.1. The first kappa shape index (κ1) is 23.2. The maximum absolute atomic E-state index is 13.7. The van der Waals surface area contributed by atoms with Gasteiger partial charge in [-0.25, -0.2) is 4.98 Å². The van der Waals surface area contributed by atoms with Crippen LogP contribution in [0.1, 0.15) is 61.2 Å². The summed E-state index contributed by atoms with van der Waals surface area (Å²) < 4.78 is 13.3. The van der Waals surface area contributed by atoms with Gasteiger partial charge in [-0.2, -0.15) is 0 Å². The van der Waals surface area contributed by atoms with Crippen molar-refractivity contribution in [1.82, 2.24) is 14.5 Å². The number of fused-ring (bicyclic) bond motifs is 1. The monoisotopic (exact) mass is 471 g/mol. The molecule has 6 heteroatoms. The fourth-order valence-electron chi connectivity index (χ4n) is 5.47. The minimum atomic E-state index is 0.107. The molecule has 6 nitrogen and oxygen atoms in total. The molecule has 2 aliphatic rings. The van der Waals surface area contributed by atoms with Gasteiger partial charge in [0.05, 0.1) is 25.9 Å². The lowest BCUT2D eigenvalue weighted by molar-refractivity contribution is -0.131. The van der Waals surface area contributed by atoms with E-state index in [9.17, 15) is 4.79 Å². The number of carbonyl (C=O) groups is 1. The SMILES string of the molecule is CCc1nccn1-c1ccc(/C=C2\CCCN(C3CCCc4ccc(OC)cc43)C2=O)cc1OC. The van der Waals surface area contributed by atoms with Crippen molar-refractivity contribution in [2.24, 2.45) is 0 Å². The van der Waals surface area contributed by atoms with Crippen molar-refractivity contribution >= 4 is 12.0 Å². The second kappa shape index (κ2) is 9.98. The first-order valence-electron chi connectivity index (χ1n) is 12.5. The molecule has 1 amide bonds. The van der Waals surface area contributed by atoms with Gasteiger partial charge in [0.25, 0.3) is 0 Å². The molecule has 1 saturated heterocycles. The Kier molecular flexibility index (Phi) is 6.62. The van der Waals surface area contributed by atoms with E-state index in [0.29, 0.717) is 0 Å². The van der Waals surface area contributed by atoms with Crippen LogP contribution in [0, 0.1) is 0 Å². The summed E-state index contributed by atoms with van der Waals surface area (Å²) in [5.41, 5.74) is 5.35. The molecule has 1 unspecified atom stereocenters. The molecule has 2 aromatic carbocycles. The smallest absolute Gasteiger partial charge is 0.250 e. The fraction of sp³-hybridized carbons (Fsp3) is 0.379. The Labute approximate surface area is 207 Å². The van der Waals surface area contributed by atoms with Gasteiger partial charge in [-0.15, -0.1) is 0 Å². The van der Waals surface area contributed by atoms with Gasteiger partial charge in [-0.1, -0.05) is 19.1 Å². The van der Waals surface area contributed by atoms with Crippen molar-refractivity contribution in [3.05, 3.63) is 76.9 Å². The van der Waals surface area contributed by atoms with Crippen LogP contribution < -0.4 is 9.47 Å². The van der Waals surface area contributed by atoms with E-state index in [0.717, 1.165) is 79.2 Å². The summed E-state index contributed by atoms with van der Waals surface area (Å²) >= 11 is 0. The van der Waals surface area contributed by atoms with Crippen molar-refractivity contribution in [1.29, 1.82) is 0 Å². The number of rotatable bonds is 6. The van der Waals surface area contributed by atoms with E-state index in [1.165, 1.54) is 11.1 Å². The zero-order valence-corrected chi connectivity index (χ0v) is 20.8. The van der Waals surface area contributed by atoms with Gasteiger partial charge in [0, 0.05) is 30.9 Å². The molecule has 1 aromatic heterocycles. The third-order valence-electron chi connectivity index (χ3n) is 7.23. The van der Waals surface area contributed by atoms with E-state index < -0.39 is 0 Å². The summed E-state index contributed by atoms with van der Waals surface area (Å²) in [6, 6.07) is 12.5. The van der Waals surface area contributed by atoms with Crippen molar-refractivity contribution in [2.75, 3.05) is 20.8 Å². The highest BCUT2D eigenvalue weighted by atomic mass is 16.5. The van der Waals surface area contributed by atoms with Crippen LogP contribution in [-0.4, -0.2) is 41.1 Å². The molecule has 1 fully saturated rings. The number of benzene rings is 2. The Balaban J connectivity index is 1.44. The molecule has 1 aliphatic heterocycles. The molecule has 3 aromatic rings. The van der Waals surface area contributed by atoms with Crippen molar-refractivity contribution < 1.29 is 14.3 Å². The van der Waals surface area contributed by atoms with Crippen molar-refractivity contribution in [2.45, 2.75) is 51.5 Å². The Morgan fingerprint density at radius 2 is 1.97 bits per heavy atom. The third-order valence-corrected chi connectivity index (χ3v) is 7.23. The van der Waals surface area contributed by atoms with Gasteiger partial charge in [0.15, 0.2) is 0 Å². The van der Waals surface area contributed by atoms with E-state index in [1.807, 2.05) is 36.7 Å². The molecular formula is C29H33N3O3. The van der Waals surface area contributed by atoms with Crippen LogP contribution in [0.25, 0.3) is 11.8 Å². The molecule has 0 radical (unpaired) electrons. The number of aromatic nitrogens is 2. The summed E-state index contributed by atoms with van der Waals surface area (Å²) in [5.74, 6) is 2.74. The standard InChI is InChI=1S/C29H33N3O3/c1-4-28-30-14-16-31(28)26-13-10-20(18-27(26)35-3)17-22-8-6-15-32(29(22)33)25-9-5-7-21-11-12-23(34-2)19-24(21)25/h10-14,16-19,25H,4-9,15H2,1-3H3/b22-17+. The van der Waals surface area contributed by atoms with Gasteiger partial charge in [-0.3, -0.25) is 4.79 Å². The van der Waals surface area contributed by atoms with Gasteiger partial charge in [0.2, 0.25) is 5.91 Å². The lowest BCUT2D eigenvalue weighted by Crippen LogP contribution is -2.41.